The number of carbonyl (C=O) groups is 1. The number of aromatic nitrogens is 2. The lowest BCUT2D eigenvalue weighted by atomic mass is 10.0. The number of carboxylic acid groups (broad SMARTS) is 1. The molecule has 0 bridgehead atoms. The van der Waals surface area contributed by atoms with E-state index in [1.54, 1.807) is 6.92 Å². The monoisotopic (exact) mass is 281 g/mol. The fourth-order valence-electron chi connectivity index (χ4n) is 1.88. The van der Waals surface area contributed by atoms with Crippen LogP contribution in [0.4, 0.5) is 5.69 Å². The predicted molar refractivity (Wildman–Crippen MR) is 77.1 cm³/mol. The fourth-order valence-corrected chi connectivity index (χ4v) is 1.88. The molecule has 1 aromatic heterocycles. The van der Waals surface area contributed by atoms with Crippen LogP contribution in [0.1, 0.15) is 62.8 Å². The average Bonchev–Trinajstić information content (AvgIpc) is 2.36. The SMILES string of the molecule is CCCC(C)(O)CNc1cnc(C(C)C)nc1C(=O)O. The molecule has 0 aliphatic rings. The third kappa shape index (κ3) is 4.45. The molecule has 0 aliphatic heterocycles. The number of hydrogen-bond donors (Lipinski definition) is 3. The highest BCUT2D eigenvalue weighted by Crippen LogP contribution is 2.18. The van der Waals surface area contributed by atoms with Gasteiger partial charge in [-0.3, -0.25) is 0 Å². The third-order valence-corrected chi connectivity index (χ3v) is 2.97. The maximum atomic E-state index is 11.3. The van der Waals surface area contributed by atoms with E-state index in [1.807, 2.05) is 20.8 Å². The first kappa shape index (κ1) is 16.4. The first-order valence-corrected chi connectivity index (χ1v) is 6.83. The third-order valence-electron chi connectivity index (χ3n) is 2.97. The molecule has 112 valence electrons. The van der Waals surface area contributed by atoms with E-state index in [0.717, 1.165) is 6.42 Å². The van der Waals surface area contributed by atoms with Crippen molar-refractivity contribution in [3.63, 3.8) is 0 Å². The quantitative estimate of drug-likeness (QED) is 0.709. The smallest absolute Gasteiger partial charge is 0.356 e. The number of nitrogens with zero attached hydrogens (tertiary/aromatic N) is 2. The molecule has 6 nitrogen and oxygen atoms in total. The van der Waals surface area contributed by atoms with E-state index in [9.17, 15) is 15.0 Å². The van der Waals surface area contributed by atoms with Crippen molar-refractivity contribution in [1.29, 1.82) is 0 Å². The zero-order valence-corrected chi connectivity index (χ0v) is 12.5. The molecule has 0 aromatic carbocycles. The van der Waals surface area contributed by atoms with E-state index in [2.05, 4.69) is 15.3 Å². The van der Waals surface area contributed by atoms with E-state index in [4.69, 9.17) is 0 Å². The summed E-state index contributed by atoms with van der Waals surface area (Å²) in [4.78, 5) is 19.5. The number of aromatic carboxylic acids is 1. The van der Waals surface area contributed by atoms with Crippen molar-refractivity contribution in [2.24, 2.45) is 0 Å². The second-order valence-corrected chi connectivity index (χ2v) is 5.55. The summed E-state index contributed by atoms with van der Waals surface area (Å²) in [5.74, 6) is -0.550. The summed E-state index contributed by atoms with van der Waals surface area (Å²) in [7, 11) is 0. The van der Waals surface area contributed by atoms with E-state index >= 15 is 0 Å². The molecule has 0 saturated heterocycles. The Bertz CT molecular complexity index is 473. The van der Waals surface area contributed by atoms with E-state index in [0.29, 0.717) is 17.9 Å². The van der Waals surface area contributed by atoms with Crippen molar-refractivity contribution < 1.29 is 15.0 Å². The zero-order valence-electron chi connectivity index (χ0n) is 12.5. The molecule has 0 spiro atoms. The summed E-state index contributed by atoms with van der Waals surface area (Å²) in [5, 5.41) is 22.2. The van der Waals surface area contributed by atoms with Crippen molar-refractivity contribution in [1.82, 2.24) is 9.97 Å². The molecular formula is C14H23N3O3. The Hall–Kier alpha value is -1.69. The van der Waals surface area contributed by atoms with Crippen LogP contribution < -0.4 is 5.32 Å². The van der Waals surface area contributed by atoms with Crippen LogP contribution in [0, 0.1) is 0 Å². The molecule has 1 heterocycles. The summed E-state index contributed by atoms with van der Waals surface area (Å²) in [6, 6.07) is 0. The van der Waals surface area contributed by atoms with Gasteiger partial charge in [-0.05, 0) is 13.3 Å². The summed E-state index contributed by atoms with van der Waals surface area (Å²) >= 11 is 0. The lowest BCUT2D eigenvalue weighted by molar-refractivity contribution is 0.0629. The minimum atomic E-state index is -1.10. The van der Waals surface area contributed by atoms with Crippen LogP contribution in [-0.4, -0.2) is 38.3 Å². The van der Waals surface area contributed by atoms with Gasteiger partial charge in [-0.25, -0.2) is 14.8 Å². The van der Waals surface area contributed by atoms with Crippen LogP contribution in [0.5, 0.6) is 0 Å². The molecule has 1 rings (SSSR count). The van der Waals surface area contributed by atoms with Gasteiger partial charge in [-0.1, -0.05) is 27.2 Å². The summed E-state index contributed by atoms with van der Waals surface area (Å²) in [6.07, 6.45) is 2.95. The maximum absolute atomic E-state index is 11.3. The van der Waals surface area contributed by atoms with Crippen LogP contribution in [-0.2, 0) is 0 Å². The topological polar surface area (TPSA) is 95.3 Å². The molecule has 0 amide bonds. The Morgan fingerprint density at radius 3 is 2.65 bits per heavy atom. The van der Waals surface area contributed by atoms with Crippen LogP contribution >= 0.6 is 0 Å². The predicted octanol–water partition coefficient (Wildman–Crippen LogP) is 2.26. The minimum absolute atomic E-state index is 0.0593. The Morgan fingerprint density at radius 2 is 2.15 bits per heavy atom. The maximum Gasteiger partial charge on any atom is 0.356 e. The molecule has 0 saturated carbocycles. The number of aliphatic hydroxyl groups is 1. The van der Waals surface area contributed by atoms with Gasteiger partial charge >= 0.3 is 5.97 Å². The van der Waals surface area contributed by atoms with Crippen LogP contribution in [0.25, 0.3) is 0 Å². The molecule has 0 aliphatic carbocycles. The molecule has 3 N–H and O–H groups in total. The summed E-state index contributed by atoms with van der Waals surface area (Å²) < 4.78 is 0. The molecule has 1 unspecified atom stereocenters. The average molecular weight is 281 g/mol. The van der Waals surface area contributed by atoms with Crippen molar-refractivity contribution in [3.05, 3.63) is 17.7 Å². The first-order chi connectivity index (χ1) is 9.26. The van der Waals surface area contributed by atoms with Gasteiger partial charge in [0.15, 0.2) is 5.69 Å². The highest BCUT2D eigenvalue weighted by atomic mass is 16.4. The van der Waals surface area contributed by atoms with Gasteiger partial charge in [0.05, 0.1) is 17.5 Å². The van der Waals surface area contributed by atoms with Gasteiger partial charge in [0, 0.05) is 12.5 Å². The molecule has 6 heteroatoms. The molecule has 0 radical (unpaired) electrons. The van der Waals surface area contributed by atoms with E-state index in [1.165, 1.54) is 6.20 Å². The highest BCUT2D eigenvalue weighted by Gasteiger charge is 2.21. The van der Waals surface area contributed by atoms with Gasteiger partial charge in [0.25, 0.3) is 0 Å². The van der Waals surface area contributed by atoms with Gasteiger partial charge < -0.3 is 15.5 Å². The van der Waals surface area contributed by atoms with E-state index in [-0.39, 0.29) is 18.2 Å². The van der Waals surface area contributed by atoms with Crippen LogP contribution in [0.15, 0.2) is 6.20 Å². The van der Waals surface area contributed by atoms with Crippen molar-refractivity contribution in [2.75, 3.05) is 11.9 Å². The molecule has 20 heavy (non-hydrogen) atoms. The van der Waals surface area contributed by atoms with Crippen molar-refractivity contribution in [2.45, 2.75) is 52.1 Å². The Labute approximate surface area is 119 Å². The van der Waals surface area contributed by atoms with E-state index < -0.39 is 11.6 Å². The van der Waals surface area contributed by atoms with Gasteiger partial charge in [0.2, 0.25) is 0 Å². The molecule has 1 aromatic rings. The Balaban J connectivity index is 2.92. The lowest BCUT2D eigenvalue weighted by Gasteiger charge is -2.24. The Morgan fingerprint density at radius 1 is 1.50 bits per heavy atom. The molecular weight excluding hydrogens is 258 g/mol. The summed E-state index contributed by atoms with van der Waals surface area (Å²) in [6.45, 7) is 7.76. The largest absolute Gasteiger partial charge is 0.476 e. The minimum Gasteiger partial charge on any atom is -0.476 e. The van der Waals surface area contributed by atoms with Crippen LogP contribution in [0.2, 0.25) is 0 Å². The lowest BCUT2D eigenvalue weighted by Crippen LogP contribution is -2.33. The summed E-state index contributed by atoms with van der Waals surface area (Å²) in [5.41, 5.74) is -0.615. The molecule has 0 fully saturated rings. The number of nitrogens with one attached hydrogen (secondary N) is 1. The van der Waals surface area contributed by atoms with Gasteiger partial charge in [0.1, 0.15) is 5.82 Å². The second-order valence-electron chi connectivity index (χ2n) is 5.55. The second kappa shape index (κ2) is 6.65. The van der Waals surface area contributed by atoms with Crippen molar-refractivity contribution in [3.8, 4) is 0 Å². The number of rotatable bonds is 7. The first-order valence-electron chi connectivity index (χ1n) is 6.83. The van der Waals surface area contributed by atoms with Crippen molar-refractivity contribution >= 4 is 11.7 Å². The van der Waals surface area contributed by atoms with Crippen LogP contribution in [0.3, 0.4) is 0 Å². The van der Waals surface area contributed by atoms with Gasteiger partial charge in [-0.2, -0.15) is 0 Å². The zero-order chi connectivity index (χ0) is 15.3. The Kier molecular flexibility index (Phi) is 5.44. The molecule has 1 atom stereocenters. The highest BCUT2D eigenvalue weighted by molar-refractivity contribution is 5.91. The fraction of sp³-hybridized carbons (Fsp3) is 0.643. The number of hydrogen-bond acceptors (Lipinski definition) is 5. The normalized spacial score (nSPS) is 14.1. The number of carboxylic acids is 1. The number of anilines is 1. The standard InChI is InChI=1S/C14H23N3O3/c1-5-6-14(4,20)8-16-10-7-15-12(9(2)3)17-11(10)13(18)19/h7,9,16,20H,5-6,8H2,1-4H3,(H,18,19). The van der Waals surface area contributed by atoms with Gasteiger partial charge in [-0.15, -0.1) is 0 Å².